The van der Waals surface area contributed by atoms with E-state index in [1.54, 1.807) is 12.1 Å². The maximum Gasteiger partial charge on any atom is 0.416 e. The van der Waals surface area contributed by atoms with Crippen LogP contribution in [-0.4, -0.2) is 25.0 Å². The summed E-state index contributed by atoms with van der Waals surface area (Å²) in [6, 6.07) is 8.69. The van der Waals surface area contributed by atoms with E-state index in [9.17, 15) is 18.0 Å². The number of nitrogens with zero attached hydrogens (tertiary/aromatic N) is 1. The van der Waals surface area contributed by atoms with Crippen molar-refractivity contribution in [3.63, 3.8) is 0 Å². The quantitative estimate of drug-likeness (QED) is 0.470. The van der Waals surface area contributed by atoms with Crippen LogP contribution in [0, 0.1) is 0 Å². The summed E-state index contributed by atoms with van der Waals surface area (Å²) in [5.74, 6) is 0.421. The Morgan fingerprint density at radius 3 is 2.57 bits per heavy atom. The van der Waals surface area contributed by atoms with Crippen molar-refractivity contribution in [3.05, 3.63) is 59.0 Å². The van der Waals surface area contributed by atoms with E-state index in [1.807, 2.05) is 6.92 Å². The Kier molecular flexibility index (Phi) is 6.38. The lowest BCUT2D eigenvalue weighted by Gasteiger charge is -2.43. The summed E-state index contributed by atoms with van der Waals surface area (Å²) in [4.78, 5) is 15.6. The molecule has 1 aromatic heterocycles. The van der Waals surface area contributed by atoms with Gasteiger partial charge in [0.05, 0.1) is 5.56 Å². The summed E-state index contributed by atoms with van der Waals surface area (Å²) in [5, 5.41) is 6.36. The monoisotopic (exact) mass is 422 g/mol. The second kappa shape index (κ2) is 8.81. The van der Waals surface area contributed by atoms with Crippen LogP contribution in [0.2, 0.25) is 0 Å². The SMILES string of the molecule is CCNC(=NCc1ccc(C(N)=O)o1)NCC1(c2cccc(C(F)(F)F)c2)CCC1. The number of benzene rings is 1. The number of amides is 1. The first-order valence-electron chi connectivity index (χ1n) is 9.82. The van der Waals surface area contributed by atoms with Gasteiger partial charge in [-0.15, -0.1) is 0 Å². The largest absolute Gasteiger partial charge is 0.454 e. The highest BCUT2D eigenvalue weighted by Crippen LogP contribution is 2.44. The number of primary amides is 1. The third-order valence-corrected chi connectivity index (χ3v) is 5.35. The molecule has 1 aromatic carbocycles. The lowest BCUT2D eigenvalue weighted by Crippen LogP contribution is -2.49. The van der Waals surface area contributed by atoms with E-state index in [4.69, 9.17) is 10.2 Å². The van der Waals surface area contributed by atoms with Crippen LogP contribution >= 0.6 is 0 Å². The predicted molar refractivity (Wildman–Crippen MR) is 107 cm³/mol. The van der Waals surface area contributed by atoms with Crippen molar-refractivity contribution >= 4 is 11.9 Å². The fourth-order valence-corrected chi connectivity index (χ4v) is 3.54. The molecule has 0 spiro atoms. The number of nitrogens with one attached hydrogen (secondary N) is 2. The number of hydrogen-bond acceptors (Lipinski definition) is 3. The van der Waals surface area contributed by atoms with Crippen molar-refractivity contribution in [1.82, 2.24) is 10.6 Å². The third-order valence-electron chi connectivity index (χ3n) is 5.35. The van der Waals surface area contributed by atoms with E-state index < -0.39 is 17.6 Å². The minimum atomic E-state index is -4.36. The van der Waals surface area contributed by atoms with Crippen LogP contribution in [0.4, 0.5) is 13.2 Å². The molecule has 6 nitrogen and oxygen atoms in total. The van der Waals surface area contributed by atoms with Crippen molar-refractivity contribution in [3.8, 4) is 0 Å². The molecule has 3 rings (SSSR count). The van der Waals surface area contributed by atoms with E-state index in [1.165, 1.54) is 18.2 Å². The zero-order valence-corrected chi connectivity index (χ0v) is 16.7. The highest BCUT2D eigenvalue weighted by molar-refractivity contribution is 5.89. The summed E-state index contributed by atoms with van der Waals surface area (Å²) in [6.07, 6.45) is -1.78. The van der Waals surface area contributed by atoms with Crippen LogP contribution < -0.4 is 16.4 Å². The molecule has 1 fully saturated rings. The number of rotatable bonds is 7. The summed E-state index contributed by atoms with van der Waals surface area (Å²) in [5.41, 5.74) is 4.87. The Morgan fingerprint density at radius 2 is 2.00 bits per heavy atom. The Labute approximate surface area is 172 Å². The number of nitrogens with two attached hydrogens (primary N) is 1. The molecule has 0 unspecified atom stereocenters. The maximum absolute atomic E-state index is 13.1. The minimum absolute atomic E-state index is 0.0659. The van der Waals surface area contributed by atoms with Gasteiger partial charge in [-0.3, -0.25) is 4.79 Å². The molecule has 30 heavy (non-hydrogen) atoms. The van der Waals surface area contributed by atoms with Gasteiger partial charge in [-0.05, 0) is 43.5 Å². The highest BCUT2D eigenvalue weighted by Gasteiger charge is 2.40. The molecule has 162 valence electrons. The number of hydrogen-bond donors (Lipinski definition) is 3. The Morgan fingerprint density at radius 1 is 1.23 bits per heavy atom. The van der Waals surface area contributed by atoms with Gasteiger partial charge in [-0.2, -0.15) is 13.2 Å². The molecule has 1 saturated carbocycles. The van der Waals surface area contributed by atoms with Gasteiger partial charge in [0.15, 0.2) is 11.7 Å². The van der Waals surface area contributed by atoms with Crippen LogP contribution in [-0.2, 0) is 18.1 Å². The summed E-state index contributed by atoms with van der Waals surface area (Å²) in [7, 11) is 0. The van der Waals surface area contributed by atoms with Crippen LogP contribution in [0.3, 0.4) is 0 Å². The van der Waals surface area contributed by atoms with Crippen molar-refractivity contribution in [1.29, 1.82) is 0 Å². The molecule has 0 radical (unpaired) electrons. The molecular formula is C21H25F3N4O2. The van der Waals surface area contributed by atoms with Gasteiger partial charge in [0, 0.05) is 18.5 Å². The third kappa shape index (κ3) is 4.95. The van der Waals surface area contributed by atoms with Crippen molar-refractivity contribution < 1.29 is 22.4 Å². The van der Waals surface area contributed by atoms with Gasteiger partial charge in [-0.1, -0.05) is 24.6 Å². The summed E-state index contributed by atoms with van der Waals surface area (Å²) in [6.45, 7) is 3.19. The zero-order valence-electron chi connectivity index (χ0n) is 16.7. The summed E-state index contributed by atoms with van der Waals surface area (Å²) >= 11 is 0. The van der Waals surface area contributed by atoms with Crippen molar-refractivity contribution in [2.75, 3.05) is 13.1 Å². The second-order valence-corrected chi connectivity index (χ2v) is 7.39. The number of carbonyl (C=O) groups excluding carboxylic acids is 1. The van der Waals surface area contributed by atoms with E-state index >= 15 is 0 Å². The average Bonchev–Trinajstić information content (AvgIpc) is 3.14. The number of guanidine groups is 1. The van der Waals surface area contributed by atoms with Gasteiger partial charge in [0.2, 0.25) is 0 Å². The Bertz CT molecular complexity index is 917. The lowest BCUT2D eigenvalue weighted by molar-refractivity contribution is -0.137. The molecular weight excluding hydrogens is 397 g/mol. The van der Waals surface area contributed by atoms with Crippen molar-refractivity contribution in [2.45, 2.75) is 44.3 Å². The van der Waals surface area contributed by atoms with E-state index in [-0.39, 0.29) is 17.7 Å². The van der Waals surface area contributed by atoms with Gasteiger partial charge < -0.3 is 20.8 Å². The fourth-order valence-electron chi connectivity index (χ4n) is 3.54. The first kappa shape index (κ1) is 21.7. The Hall–Kier alpha value is -2.97. The standard InChI is InChI=1S/C21H25F3N4O2/c1-2-26-19(27-12-16-7-8-17(30-16)18(25)29)28-13-20(9-4-10-20)14-5-3-6-15(11-14)21(22,23)24/h3,5-8,11H,2,4,9-10,12-13H2,1H3,(H2,25,29)(H2,26,27,28). The molecule has 1 aliphatic carbocycles. The molecule has 0 saturated heterocycles. The van der Waals surface area contributed by atoms with Gasteiger partial charge in [0.25, 0.3) is 5.91 Å². The number of halogens is 3. The van der Waals surface area contributed by atoms with Gasteiger partial charge in [0.1, 0.15) is 12.3 Å². The molecule has 4 N–H and O–H groups in total. The number of carbonyl (C=O) groups is 1. The molecule has 1 heterocycles. The molecule has 9 heteroatoms. The minimum Gasteiger partial charge on any atom is -0.454 e. The predicted octanol–water partition coefficient (Wildman–Crippen LogP) is 3.57. The van der Waals surface area contributed by atoms with Gasteiger partial charge in [-0.25, -0.2) is 4.99 Å². The highest BCUT2D eigenvalue weighted by atomic mass is 19.4. The number of aliphatic imine (C=N–C) groups is 1. The summed E-state index contributed by atoms with van der Waals surface area (Å²) < 4.78 is 44.7. The maximum atomic E-state index is 13.1. The average molecular weight is 422 g/mol. The molecule has 0 aliphatic heterocycles. The normalized spacial score (nSPS) is 16.1. The van der Waals surface area contributed by atoms with E-state index in [0.29, 0.717) is 30.4 Å². The van der Waals surface area contributed by atoms with E-state index in [2.05, 4.69) is 15.6 Å². The van der Waals surface area contributed by atoms with Gasteiger partial charge >= 0.3 is 6.18 Å². The van der Waals surface area contributed by atoms with Crippen LogP contribution in [0.1, 0.15) is 53.6 Å². The van der Waals surface area contributed by atoms with Crippen LogP contribution in [0.25, 0.3) is 0 Å². The zero-order chi connectivity index (χ0) is 21.8. The first-order valence-corrected chi connectivity index (χ1v) is 9.82. The molecule has 0 bridgehead atoms. The number of alkyl halides is 3. The molecule has 1 amide bonds. The topological polar surface area (TPSA) is 92.6 Å². The number of furan rings is 1. The first-order chi connectivity index (χ1) is 14.2. The molecule has 0 atom stereocenters. The lowest BCUT2D eigenvalue weighted by atomic mass is 9.64. The molecule has 1 aliphatic rings. The van der Waals surface area contributed by atoms with Crippen LogP contribution in [0.15, 0.2) is 45.8 Å². The smallest absolute Gasteiger partial charge is 0.416 e. The van der Waals surface area contributed by atoms with E-state index in [0.717, 1.165) is 25.3 Å². The Balaban J connectivity index is 1.71. The fraction of sp³-hybridized carbons (Fsp3) is 0.429. The second-order valence-electron chi connectivity index (χ2n) is 7.39. The van der Waals surface area contributed by atoms with Crippen LogP contribution in [0.5, 0.6) is 0 Å². The molecule has 2 aromatic rings. The van der Waals surface area contributed by atoms with Crippen molar-refractivity contribution in [2.24, 2.45) is 10.7 Å².